The number of rotatable bonds is 4. The molecule has 2 aliphatic rings. The highest BCUT2D eigenvalue weighted by atomic mass is 19.1. The molecule has 6 heteroatoms. The van der Waals surface area contributed by atoms with Crippen LogP contribution in [0.4, 0.5) is 4.39 Å². The monoisotopic (exact) mass is 326 g/mol. The number of carbonyl (C=O) groups is 2. The zero-order chi connectivity index (χ0) is 17.3. The summed E-state index contributed by atoms with van der Waals surface area (Å²) in [5, 5.41) is 0. The van der Waals surface area contributed by atoms with Gasteiger partial charge in [-0.15, -0.1) is 0 Å². The van der Waals surface area contributed by atoms with Crippen LogP contribution >= 0.6 is 0 Å². The van der Waals surface area contributed by atoms with E-state index in [0.29, 0.717) is 12.1 Å². The second kappa shape index (κ2) is 6.23. The number of allylic oxidation sites excluding steroid dienone is 2. The number of halogens is 1. The molecule has 5 nitrogen and oxygen atoms in total. The summed E-state index contributed by atoms with van der Waals surface area (Å²) in [5.41, 5.74) is 7.09. The number of nitrogens with zero attached hydrogens (tertiary/aromatic N) is 1. The van der Waals surface area contributed by atoms with Crippen LogP contribution in [0.1, 0.15) is 22.8 Å². The molecule has 3 rings (SSSR count). The van der Waals surface area contributed by atoms with Crippen LogP contribution in [0.15, 0.2) is 48.2 Å². The van der Waals surface area contributed by atoms with E-state index in [4.69, 9.17) is 5.73 Å². The van der Waals surface area contributed by atoms with Crippen molar-refractivity contribution in [1.29, 1.82) is 0 Å². The number of benzene rings is 1. The predicted molar refractivity (Wildman–Crippen MR) is 88.3 cm³/mol. The highest BCUT2D eigenvalue weighted by molar-refractivity contribution is 6.01. The van der Waals surface area contributed by atoms with Crippen molar-refractivity contribution < 1.29 is 19.0 Å². The number of hydrogen-bond donors (Lipinski definition) is 2. The maximum atomic E-state index is 14.1. The molecular weight excluding hydrogens is 309 g/mol. The standard InChI is InChI=1S/C18H16FN3O2/c1-2-3-8-22-10-14(12-6-7-21-16(12)18(22)24)11-4-5-13(17(20)23)15(19)9-11/h2-7,9-10,16H,8H2,1H3,(H2,20,23)/p+1/b3-2+. The van der Waals surface area contributed by atoms with Crippen molar-refractivity contribution in [2.45, 2.75) is 13.0 Å². The summed E-state index contributed by atoms with van der Waals surface area (Å²) in [6, 6.07) is 3.79. The fourth-order valence-electron chi connectivity index (χ4n) is 2.81. The maximum absolute atomic E-state index is 14.1. The minimum atomic E-state index is -0.811. The predicted octanol–water partition coefficient (Wildman–Crippen LogP) is 0.144. The van der Waals surface area contributed by atoms with Crippen LogP contribution in [0.5, 0.6) is 0 Å². The molecule has 3 N–H and O–H groups in total. The van der Waals surface area contributed by atoms with Crippen LogP contribution in [0, 0.1) is 5.82 Å². The average Bonchev–Trinajstić information content (AvgIpc) is 3.04. The van der Waals surface area contributed by atoms with Gasteiger partial charge in [-0.1, -0.05) is 18.2 Å². The van der Waals surface area contributed by atoms with E-state index in [0.717, 1.165) is 11.1 Å². The summed E-state index contributed by atoms with van der Waals surface area (Å²) in [6.07, 6.45) is 8.96. The first-order chi connectivity index (χ1) is 11.5. The lowest BCUT2D eigenvalue weighted by Crippen LogP contribution is -2.79. The molecule has 2 amide bonds. The van der Waals surface area contributed by atoms with E-state index >= 15 is 0 Å². The molecule has 0 bridgehead atoms. The Morgan fingerprint density at radius 3 is 2.92 bits per heavy atom. The van der Waals surface area contributed by atoms with Gasteiger partial charge in [0.1, 0.15) is 5.82 Å². The average molecular weight is 326 g/mol. The van der Waals surface area contributed by atoms with Gasteiger partial charge in [-0.3, -0.25) is 9.59 Å². The molecule has 0 saturated heterocycles. The van der Waals surface area contributed by atoms with Crippen LogP contribution in [0.25, 0.3) is 5.57 Å². The number of nitrogens with two attached hydrogens (primary N) is 1. The number of carbonyl (C=O) groups excluding carboxylic acids is 2. The first-order valence-electron chi connectivity index (χ1n) is 7.56. The quantitative estimate of drug-likeness (QED) is 0.773. The smallest absolute Gasteiger partial charge is 0.300 e. The minimum absolute atomic E-state index is 0.0638. The van der Waals surface area contributed by atoms with Gasteiger partial charge in [-0.2, -0.15) is 0 Å². The van der Waals surface area contributed by atoms with Crippen LogP contribution in [-0.2, 0) is 4.79 Å². The Morgan fingerprint density at radius 2 is 2.25 bits per heavy atom. The lowest BCUT2D eigenvalue weighted by molar-refractivity contribution is -0.467. The molecule has 1 aromatic carbocycles. The van der Waals surface area contributed by atoms with Gasteiger partial charge in [0.05, 0.1) is 5.56 Å². The summed E-state index contributed by atoms with van der Waals surface area (Å²) in [7, 11) is 0. The Bertz CT molecular complexity index is 837. The van der Waals surface area contributed by atoms with Crippen LogP contribution < -0.4 is 10.7 Å². The number of amides is 2. The molecule has 24 heavy (non-hydrogen) atoms. The van der Waals surface area contributed by atoms with Crippen molar-refractivity contribution in [3.05, 3.63) is 65.1 Å². The summed E-state index contributed by atoms with van der Waals surface area (Å²) in [5.74, 6) is -1.55. The summed E-state index contributed by atoms with van der Waals surface area (Å²) in [4.78, 5) is 28.3. The zero-order valence-electron chi connectivity index (χ0n) is 13.1. The van der Waals surface area contributed by atoms with Gasteiger partial charge in [0.2, 0.25) is 0 Å². The minimum Gasteiger partial charge on any atom is -0.366 e. The van der Waals surface area contributed by atoms with E-state index in [1.54, 1.807) is 29.5 Å². The Labute approximate surface area is 138 Å². The SMILES string of the molecule is C/C=C/CN1C=C(c2ccc(C(N)=O)c(F)c2)C2=CC=[NH+]C2C1=O. The third kappa shape index (κ3) is 2.67. The molecule has 0 aliphatic carbocycles. The zero-order valence-corrected chi connectivity index (χ0v) is 13.1. The van der Waals surface area contributed by atoms with Crippen molar-refractivity contribution in [2.75, 3.05) is 6.54 Å². The van der Waals surface area contributed by atoms with Crippen molar-refractivity contribution in [3.63, 3.8) is 0 Å². The summed E-state index contributed by atoms with van der Waals surface area (Å²) >= 11 is 0. The van der Waals surface area contributed by atoms with Crippen LogP contribution in [0.2, 0.25) is 0 Å². The molecule has 0 radical (unpaired) electrons. The summed E-state index contributed by atoms with van der Waals surface area (Å²) < 4.78 is 14.1. The molecule has 1 atom stereocenters. The molecule has 2 aliphatic heterocycles. The van der Waals surface area contributed by atoms with Gasteiger partial charge >= 0.3 is 0 Å². The molecule has 1 aromatic rings. The van der Waals surface area contributed by atoms with E-state index in [9.17, 15) is 14.0 Å². The number of hydrogen-bond acceptors (Lipinski definition) is 2. The molecular formula is C18H17FN3O2+. The Balaban J connectivity index is 2.05. The van der Waals surface area contributed by atoms with E-state index in [-0.39, 0.29) is 11.5 Å². The first-order valence-corrected chi connectivity index (χ1v) is 7.56. The Hall–Kier alpha value is -3.02. The number of primary amides is 1. The van der Waals surface area contributed by atoms with Gasteiger partial charge in [-0.25, -0.2) is 9.38 Å². The molecule has 1 unspecified atom stereocenters. The van der Waals surface area contributed by atoms with Gasteiger partial charge < -0.3 is 10.6 Å². The summed E-state index contributed by atoms with van der Waals surface area (Å²) in [6.45, 7) is 2.32. The second-order valence-electron chi connectivity index (χ2n) is 5.55. The lowest BCUT2D eigenvalue weighted by Gasteiger charge is -2.26. The fourth-order valence-corrected chi connectivity index (χ4v) is 2.81. The van der Waals surface area contributed by atoms with E-state index < -0.39 is 17.8 Å². The molecule has 0 spiro atoms. The third-order valence-electron chi connectivity index (χ3n) is 4.05. The van der Waals surface area contributed by atoms with Crippen molar-refractivity contribution >= 4 is 23.6 Å². The van der Waals surface area contributed by atoms with Crippen LogP contribution in [-0.4, -0.2) is 35.5 Å². The van der Waals surface area contributed by atoms with Gasteiger partial charge in [0.25, 0.3) is 17.9 Å². The Kier molecular flexibility index (Phi) is 4.12. The van der Waals surface area contributed by atoms with Gasteiger partial charge in [0.15, 0.2) is 6.21 Å². The molecule has 0 saturated carbocycles. The highest BCUT2D eigenvalue weighted by Crippen LogP contribution is 2.31. The maximum Gasteiger partial charge on any atom is 0.300 e. The number of fused-ring (bicyclic) bond motifs is 1. The first kappa shape index (κ1) is 15.9. The lowest BCUT2D eigenvalue weighted by atomic mass is 9.90. The van der Waals surface area contributed by atoms with Crippen molar-refractivity contribution in [1.82, 2.24) is 4.90 Å². The van der Waals surface area contributed by atoms with Crippen molar-refractivity contribution in [3.8, 4) is 0 Å². The van der Waals surface area contributed by atoms with Gasteiger partial charge in [0, 0.05) is 30.0 Å². The normalized spacial score (nSPS) is 19.5. The molecule has 2 heterocycles. The second-order valence-corrected chi connectivity index (χ2v) is 5.55. The van der Waals surface area contributed by atoms with Crippen molar-refractivity contribution in [2.24, 2.45) is 5.73 Å². The third-order valence-corrected chi connectivity index (χ3v) is 4.05. The molecule has 122 valence electrons. The highest BCUT2D eigenvalue weighted by Gasteiger charge is 2.39. The van der Waals surface area contributed by atoms with E-state index in [1.807, 2.05) is 19.1 Å². The number of nitrogens with one attached hydrogen (secondary N) is 1. The van der Waals surface area contributed by atoms with Crippen LogP contribution in [0.3, 0.4) is 0 Å². The largest absolute Gasteiger partial charge is 0.366 e. The molecule has 0 fully saturated rings. The Morgan fingerprint density at radius 1 is 1.46 bits per heavy atom. The fraction of sp³-hybridized carbons (Fsp3) is 0.167. The topological polar surface area (TPSA) is 77.4 Å². The van der Waals surface area contributed by atoms with Gasteiger partial charge in [-0.05, 0) is 24.6 Å². The van der Waals surface area contributed by atoms with E-state index in [1.165, 1.54) is 12.1 Å². The van der Waals surface area contributed by atoms with E-state index in [2.05, 4.69) is 4.99 Å². The molecule has 0 aromatic heterocycles.